The lowest BCUT2D eigenvalue weighted by Gasteiger charge is -2.40. The molecule has 0 bridgehead atoms. The second-order valence-corrected chi connectivity index (χ2v) is 6.26. The van der Waals surface area contributed by atoms with Gasteiger partial charge in [0.2, 0.25) is 0 Å². The Morgan fingerprint density at radius 3 is 1.76 bits per heavy atom. The van der Waals surface area contributed by atoms with Crippen molar-refractivity contribution >= 4 is 31.4 Å². The summed E-state index contributed by atoms with van der Waals surface area (Å²) in [5.74, 6) is 2.14. The zero-order valence-corrected chi connectivity index (χ0v) is 10.7. The molecule has 0 aromatic heterocycles. The minimum Gasteiger partial charge on any atom is -0.0871 e. The van der Waals surface area contributed by atoms with Gasteiger partial charge >= 0.3 is 0 Å². The van der Waals surface area contributed by atoms with E-state index < -0.39 is 0 Å². The van der Waals surface area contributed by atoms with Crippen molar-refractivity contribution in [1.29, 1.82) is 0 Å². The van der Waals surface area contributed by atoms with Crippen LogP contribution >= 0.6 is 0 Å². The van der Waals surface area contributed by atoms with Gasteiger partial charge < -0.3 is 0 Å². The van der Waals surface area contributed by atoms with E-state index in [2.05, 4.69) is 0 Å². The van der Waals surface area contributed by atoms with Crippen molar-refractivity contribution in [1.82, 2.24) is 0 Å². The first kappa shape index (κ1) is 13.7. The van der Waals surface area contributed by atoms with Crippen molar-refractivity contribution in [3.63, 3.8) is 0 Å². The maximum Gasteiger partial charge on any atom is 0.0699 e. The van der Waals surface area contributed by atoms with E-state index in [0.29, 0.717) is 11.7 Å². The van der Waals surface area contributed by atoms with Crippen LogP contribution in [-0.4, -0.2) is 31.4 Å². The molecule has 4 heteroatoms. The monoisotopic (exact) mass is 220 g/mol. The van der Waals surface area contributed by atoms with Crippen LogP contribution in [-0.2, 0) is 0 Å². The molecule has 0 aromatic carbocycles. The van der Waals surface area contributed by atoms with Crippen molar-refractivity contribution in [2.75, 3.05) is 0 Å². The van der Waals surface area contributed by atoms with E-state index in [1.165, 1.54) is 32.1 Å². The number of rotatable bonds is 2. The Hall–Kier alpha value is 0.260. The first-order chi connectivity index (χ1) is 8.06. The van der Waals surface area contributed by atoms with E-state index in [0.717, 1.165) is 18.8 Å². The molecule has 17 heavy (non-hydrogen) atoms. The van der Waals surface area contributed by atoms with E-state index >= 15 is 0 Å². The lowest BCUT2D eigenvalue weighted by Crippen LogP contribution is -2.25. The summed E-state index contributed by atoms with van der Waals surface area (Å²) in [7, 11) is 24.0. The molecule has 0 nitrogen and oxygen atoms in total. The van der Waals surface area contributed by atoms with Crippen LogP contribution < -0.4 is 0 Å². The molecule has 2 fully saturated rings. The third kappa shape index (κ3) is 3.61. The Bertz CT molecular complexity index is 226. The summed E-state index contributed by atoms with van der Waals surface area (Å²) >= 11 is 0. The largest absolute Gasteiger partial charge is 0.0871 e. The molecule has 0 aromatic rings. The highest BCUT2D eigenvalue weighted by atomic mass is 14.3. The van der Waals surface area contributed by atoms with E-state index in [1.807, 2.05) is 0 Å². The standard InChI is InChI=1S/C13H20B4/c14-10-3-1-8(2-4-10)5-9-6-11(15)13(17)12(16)7-9/h8-13H,1-7H2. The Kier molecular flexibility index (Phi) is 4.78. The van der Waals surface area contributed by atoms with Crippen LogP contribution in [0.15, 0.2) is 0 Å². The summed E-state index contributed by atoms with van der Waals surface area (Å²) in [5, 5.41) is 0. The van der Waals surface area contributed by atoms with Crippen LogP contribution in [0.4, 0.5) is 0 Å². The van der Waals surface area contributed by atoms with Crippen molar-refractivity contribution < 1.29 is 0 Å². The minimum absolute atomic E-state index is 0.00831. The van der Waals surface area contributed by atoms with Crippen molar-refractivity contribution in [3.05, 3.63) is 0 Å². The van der Waals surface area contributed by atoms with E-state index in [4.69, 9.17) is 31.4 Å². The van der Waals surface area contributed by atoms with Gasteiger partial charge in [-0.3, -0.25) is 0 Å². The maximum absolute atomic E-state index is 6.06. The Balaban J connectivity index is 1.79. The highest BCUT2D eigenvalue weighted by Gasteiger charge is 2.31. The molecular formula is C13H20B4. The maximum atomic E-state index is 6.06. The first-order valence-electron chi connectivity index (χ1n) is 7.08. The Morgan fingerprint density at radius 1 is 0.706 bits per heavy atom. The van der Waals surface area contributed by atoms with Crippen LogP contribution in [0.1, 0.15) is 44.9 Å². The summed E-state index contributed by atoms with van der Waals surface area (Å²) < 4.78 is 0. The van der Waals surface area contributed by atoms with Gasteiger partial charge in [0.1, 0.15) is 0 Å². The molecule has 0 aliphatic heterocycles. The normalized spacial score (nSPS) is 47.8. The van der Waals surface area contributed by atoms with Crippen LogP contribution in [0.25, 0.3) is 0 Å². The highest BCUT2D eigenvalue weighted by Crippen LogP contribution is 2.47. The number of hydrogen-bond acceptors (Lipinski definition) is 0. The predicted octanol–water partition coefficient (Wildman–Crippen LogP) is 2.80. The highest BCUT2D eigenvalue weighted by molar-refractivity contribution is 6.26. The molecule has 2 unspecified atom stereocenters. The third-order valence-corrected chi connectivity index (χ3v) is 4.76. The van der Waals surface area contributed by atoms with Gasteiger partial charge in [0, 0.05) is 0 Å². The Morgan fingerprint density at radius 2 is 1.24 bits per heavy atom. The molecular weight excluding hydrogens is 199 g/mol. The van der Waals surface area contributed by atoms with Gasteiger partial charge in [0.25, 0.3) is 0 Å². The van der Waals surface area contributed by atoms with Crippen LogP contribution in [0.2, 0.25) is 23.3 Å². The van der Waals surface area contributed by atoms with E-state index in [-0.39, 0.29) is 17.5 Å². The van der Waals surface area contributed by atoms with Crippen LogP contribution in [0.3, 0.4) is 0 Å². The molecule has 0 heterocycles. The Labute approximate surface area is 112 Å². The fraction of sp³-hybridized carbons (Fsp3) is 1.00. The zero-order valence-electron chi connectivity index (χ0n) is 10.7. The summed E-state index contributed by atoms with van der Waals surface area (Å²) in [4.78, 5) is 0. The molecule has 2 aliphatic carbocycles. The van der Waals surface area contributed by atoms with Crippen molar-refractivity contribution in [3.8, 4) is 0 Å². The molecule has 2 saturated carbocycles. The summed E-state index contributed by atoms with van der Waals surface area (Å²) in [6, 6.07) is 0. The smallest absolute Gasteiger partial charge is 0.0699 e. The van der Waals surface area contributed by atoms with Gasteiger partial charge in [-0.05, 0) is 18.3 Å². The lowest BCUT2D eigenvalue weighted by molar-refractivity contribution is 0.246. The van der Waals surface area contributed by atoms with Crippen LogP contribution in [0, 0.1) is 11.8 Å². The fourth-order valence-corrected chi connectivity index (χ4v) is 3.59. The molecule has 0 amide bonds. The summed E-state index contributed by atoms with van der Waals surface area (Å²) in [6.07, 6.45) is 8.34. The zero-order chi connectivity index (χ0) is 12.4. The van der Waals surface area contributed by atoms with Gasteiger partial charge in [0.15, 0.2) is 0 Å². The van der Waals surface area contributed by atoms with E-state index in [1.54, 1.807) is 0 Å². The van der Waals surface area contributed by atoms with Gasteiger partial charge in [-0.25, -0.2) is 0 Å². The molecule has 84 valence electrons. The second kappa shape index (κ2) is 5.93. The average molecular weight is 220 g/mol. The minimum atomic E-state index is -0.00831. The molecule has 0 spiro atoms. The molecule has 2 atom stereocenters. The van der Waals surface area contributed by atoms with E-state index in [9.17, 15) is 0 Å². The molecule has 8 radical (unpaired) electrons. The summed E-state index contributed by atoms with van der Waals surface area (Å²) in [6.45, 7) is 0. The fourth-order valence-electron chi connectivity index (χ4n) is 3.59. The van der Waals surface area contributed by atoms with Crippen molar-refractivity contribution in [2.45, 2.75) is 68.2 Å². The van der Waals surface area contributed by atoms with Crippen LogP contribution in [0.5, 0.6) is 0 Å². The second-order valence-electron chi connectivity index (χ2n) is 6.26. The topological polar surface area (TPSA) is 0 Å². The lowest BCUT2D eigenvalue weighted by atomic mass is 9.48. The first-order valence-corrected chi connectivity index (χ1v) is 7.08. The SMILES string of the molecule is [B]C1CCC(CC2CC([B])C([B])C([B])C2)CC1. The predicted molar refractivity (Wildman–Crippen MR) is 77.3 cm³/mol. The molecule has 2 aliphatic rings. The number of hydrogen-bond donors (Lipinski definition) is 0. The molecule has 0 N–H and O–H groups in total. The molecule has 0 saturated heterocycles. The quantitative estimate of drug-likeness (QED) is 0.627. The van der Waals surface area contributed by atoms with Crippen molar-refractivity contribution in [2.24, 2.45) is 11.8 Å². The van der Waals surface area contributed by atoms with Gasteiger partial charge in [-0.15, -0.1) is 0 Å². The molecule has 2 rings (SSSR count). The average Bonchev–Trinajstić information content (AvgIpc) is 2.29. The third-order valence-electron chi connectivity index (χ3n) is 4.76. The van der Waals surface area contributed by atoms with Gasteiger partial charge in [-0.1, -0.05) is 61.8 Å². The van der Waals surface area contributed by atoms with Gasteiger partial charge in [0.05, 0.1) is 31.4 Å². The van der Waals surface area contributed by atoms with Gasteiger partial charge in [-0.2, -0.15) is 0 Å². The summed E-state index contributed by atoms with van der Waals surface area (Å²) in [5.41, 5.74) is 0.